The van der Waals surface area contributed by atoms with Crippen LogP contribution in [-0.2, 0) is 4.79 Å². The maximum atomic E-state index is 14.1. The van der Waals surface area contributed by atoms with E-state index in [0.29, 0.717) is 16.9 Å². The first-order chi connectivity index (χ1) is 14.8. The molecule has 3 amide bonds. The van der Waals surface area contributed by atoms with Gasteiger partial charge in [-0.2, -0.15) is 0 Å². The Bertz CT molecular complexity index is 1180. The molecule has 11 heteroatoms. The molecular formula is C20H16ClF2N5O3. The number of anilines is 1. The number of carbonyl (C=O) groups excluding carboxylic acids is 2. The third-order valence-electron chi connectivity index (χ3n) is 4.58. The van der Waals surface area contributed by atoms with Crippen molar-refractivity contribution < 1.29 is 23.1 Å². The highest BCUT2D eigenvalue weighted by molar-refractivity contribution is 6.30. The second-order valence-corrected chi connectivity index (χ2v) is 7.10. The molecule has 0 aliphatic carbocycles. The molecule has 1 aliphatic heterocycles. The van der Waals surface area contributed by atoms with Gasteiger partial charge in [0.05, 0.1) is 30.2 Å². The van der Waals surface area contributed by atoms with Crippen LogP contribution in [0.4, 0.5) is 19.4 Å². The zero-order valence-electron chi connectivity index (χ0n) is 16.2. The Morgan fingerprint density at radius 2 is 2.03 bits per heavy atom. The second-order valence-electron chi connectivity index (χ2n) is 6.69. The normalized spacial score (nSPS) is 13.3. The minimum Gasteiger partial charge on any atom is -0.497 e. The van der Waals surface area contributed by atoms with Crippen molar-refractivity contribution in [3.05, 3.63) is 59.1 Å². The molecule has 31 heavy (non-hydrogen) atoms. The molecule has 0 unspecified atom stereocenters. The van der Waals surface area contributed by atoms with Gasteiger partial charge >= 0.3 is 6.03 Å². The lowest BCUT2D eigenvalue weighted by molar-refractivity contribution is -0.118. The molecule has 2 heterocycles. The van der Waals surface area contributed by atoms with E-state index >= 15 is 0 Å². The van der Waals surface area contributed by atoms with E-state index in [1.807, 2.05) is 0 Å². The maximum absolute atomic E-state index is 14.1. The predicted octanol–water partition coefficient (Wildman–Crippen LogP) is 3.40. The van der Waals surface area contributed by atoms with Crippen molar-refractivity contribution in [1.82, 2.24) is 20.0 Å². The van der Waals surface area contributed by atoms with Crippen LogP contribution in [0.25, 0.3) is 16.9 Å². The number of aromatic nitrogens is 2. The van der Waals surface area contributed by atoms with Crippen LogP contribution in [-0.4, -0.2) is 46.9 Å². The molecule has 1 saturated heterocycles. The number of nitrogens with one attached hydrogen (secondary N) is 2. The molecule has 2 aromatic carbocycles. The van der Waals surface area contributed by atoms with Gasteiger partial charge in [0.15, 0.2) is 5.82 Å². The SMILES string of the molecule is COc1cc(F)cc(-c2cc(NC(=O)N3CNC(=O)C3)nn2-c2ccc(F)c(Cl)c2)c1. The number of amides is 3. The van der Waals surface area contributed by atoms with E-state index in [0.717, 1.165) is 0 Å². The quantitative estimate of drug-likeness (QED) is 0.641. The third kappa shape index (κ3) is 4.29. The van der Waals surface area contributed by atoms with Gasteiger partial charge in [0.25, 0.3) is 0 Å². The number of halogens is 3. The van der Waals surface area contributed by atoms with Gasteiger partial charge < -0.3 is 10.1 Å². The molecule has 1 aliphatic rings. The maximum Gasteiger partial charge on any atom is 0.324 e. The van der Waals surface area contributed by atoms with Crippen molar-refractivity contribution in [2.75, 3.05) is 25.6 Å². The first-order valence-corrected chi connectivity index (χ1v) is 9.45. The predicted molar refractivity (Wildman–Crippen MR) is 109 cm³/mol. The molecule has 3 aromatic rings. The van der Waals surface area contributed by atoms with Crippen molar-refractivity contribution in [3.8, 4) is 22.7 Å². The van der Waals surface area contributed by atoms with Gasteiger partial charge in [0, 0.05) is 17.7 Å². The van der Waals surface area contributed by atoms with Crippen LogP contribution < -0.4 is 15.4 Å². The van der Waals surface area contributed by atoms with E-state index in [1.54, 1.807) is 6.07 Å². The Morgan fingerprint density at radius 3 is 2.71 bits per heavy atom. The number of carbonyl (C=O) groups is 2. The van der Waals surface area contributed by atoms with Crippen LogP contribution in [0, 0.1) is 11.6 Å². The molecule has 1 aromatic heterocycles. The summed E-state index contributed by atoms with van der Waals surface area (Å²) in [6.07, 6.45) is 0. The molecular weight excluding hydrogens is 432 g/mol. The molecule has 0 radical (unpaired) electrons. The van der Waals surface area contributed by atoms with Crippen LogP contribution in [0.15, 0.2) is 42.5 Å². The number of benzene rings is 2. The summed E-state index contributed by atoms with van der Waals surface area (Å²) in [7, 11) is 1.41. The van der Waals surface area contributed by atoms with Gasteiger partial charge in [-0.25, -0.2) is 18.3 Å². The van der Waals surface area contributed by atoms with E-state index in [1.165, 1.54) is 53.1 Å². The van der Waals surface area contributed by atoms with E-state index in [9.17, 15) is 18.4 Å². The monoisotopic (exact) mass is 447 g/mol. The summed E-state index contributed by atoms with van der Waals surface area (Å²) in [4.78, 5) is 25.0. The summed E-state index contributed by atoms with van der Waals surface area (Å²) in [5.74, 6) is -0.984. The molecule has 1 fully saturated rings. The van der Waals surface area contributed by atoms with Crippen molar-refractivity contribution in [2.24, 2.45) is 0 Å². The number of urea groups is 1. The smallest absolute Gasteiger partial charge is 0.324 e. The van der Waals surface area contributed by atoms with E-state index in [-0.39, 0.29) is 35.7 Å². The summed E-state index contributed by atoms with van der Waals surface area (Å²) in [6, 6.07) is 9.06. The largest absolute Gasteiger partial charge is 0.497 e. The minimum atomic E-state index is -0.605. The Morgan fingerprint density at radius 1 is 1.23 bits per heavy atom. The molecule has 0 bridgehead atoms. The number of rotatable bonds is 4. The summed E-state index contributed by atoms with van der Waals surface area (Å²) in [5, 5.41) is 9.36. The summed E-state index contributed by atoms with van der Waals surface area (Å²) in [6.45, 7) is 0.000955. The molecule has 0 atom stereocenters. The topological polar surface area (TPSA) is 88.5 Å². The Hall–Kier alpha value is -3.66. The van der Waals surface area contributed by atoms with Crippen LogP contribution in [0.1, 0.15) is 0 Å². The zero-order valence-corrected chi connectivity index (χ0v) is 16.9. The Kier molecular flexibility index (Phi) is 5.47. The lowest BCUT2D eigenvalue weighted by atomic mass is 10.1. The van der Waals surface area contributed by atoms with E-state index in [2.05, 4.69) is 15.7 Å². The van der Waals surface area contributed by atoms with Crippen LogP contribution in [0.2, 0.25) is 5.02 Å². The number of nitrogens with zero attached hydrogens (tertiary/aromatic N) is 3. The Balaban J connectivity index is 1.76. The van der Waals surface area contributed by atoms with Gasteiger partial charge in [0.2, 0.25) is 5.91 Å². The number of hydrogen-bond donors (Lipinski definition) is 2. The Labute approximate surface area is 180 Å². The van der Waals surface area contributed by atoms with E-state index in [4.69, 9.17) is 16.3 Å². The van der Waals surface area contributed by atoms with Crippen molar-refractivity contribution in [3.63, 3.8) is 0 Å². The minimum absolute atomic E-state index is 0.0753. The van der Waals surface area contributed by atoms with Crippen LogP contribution in [0.5, 0.6) is 5.75 Å². The van der Waals surface area contributed by atoms with Gasteiger partial charge in [-0.1, -0.05) is 11.6 Å². The van der Waals surface area contributed by atoms with E-state index < -0.39 is 17.7 Å². The summed E-state index contributed by atoms with van der Waals surface area (Å²) >= 11 is 5.91. The van der Waals surface area contributed by atoms with Crippen molar-refractivity contribution in [2.45, 2.75) is 0 Å². The first-order valence-electron chi connectivity index (χ1n) is 9.07. The molecule has 160 valence electrons. The highest BCUT2D eigenvalue weighted by Gasteiger charge is 2.24. The summed E-state index contributed by atoms with van der Waals surface area (Å²) in [5.41, 5.74) is 1.19. The average molecular weight is 448 g/mol. The third-order valence-corrected chi connectivity index (χ3v) is 4.87. The molecule has 2 N–H and O–H groups in total. The number of ether oxygens (including phenoxy) is 1. The zero-order chi connectivity index (χ0) is 22.1. The highest BCUT2D eigenvalue weighted by atomic mass is 35.5. The van der Waals surface area contributed by atoms with Crippen molar-refractivity contribution >= 4 is 29.4 Å². The molecule has 8 nitrogen and oxygen atoms in total. The number of methoxy groups -OCH3 is 1. The molecule has 4 rings (SSSR count). The van der Waals surface area contributed by atoms with Crippen molar-refractivity contribution in [1.29, 1.82) is 0 Å². The first kappa shape index (κ1) is 20.6. The lowest BCUT2D eigenvalue weighted by Gasteiger charge is -2.12. The summed E-state index contributed by atoms with van der Waals surface area (Å²) < 4.78 is 34.3. The van der Waals surface area contributed by atoms with Gasteiger partial charge in [0.1, 0.15) is 23.9 Å². The van der Waals surface area contributed by atoms with Gasteiger partial charge in [-0.15, -0.1) is 5.10 Å². The molecule has 0 spiro atoms. The second kappa shape index (κ2) is 8.23. The highest BCUT2D eigenvalue weighted by Crippen LogP contribution is 2.31. The number of hydrogen-bond acceptors (Lipinski definition) is 4. The lowest BCUT2D eigenvalue weighted by Crippen LogP contribution is -2.33. The standard InChI is InChI=1S/C20H16ClF2N5O3/c1-31-14-5-11(4-12(22)6-14)17-8-18(25-20(30)27-9-19(29)24-10-27)26-28(17)13-2-3-16(23)15(21)7-13/h2-8H,9-10H2,1H3,(H,24,29)(H,25,26,30). The van der Waals surface area contributed by atoms with Gasteiger partial charge in [-0.05, 0) is 30.3 Å². The fourth-order valence-electron chi connectivity index (χ4n) is 3.09. The fraction of sp³-hybridized carbons (Fsp3) is 0.150. The van der Waals surface area contributed by atoms with Gasteiger partial charge in [-0.3, -0.25) is 15.0 Å². The average Bonchev–Trinajstić information content (AvgIpc) is 3.36. The van der Waals surface area contributed by atoms with Crippen LogP contribution in [0.3, 0.4) is 0 Å². The molecule has 0 saturated carbocycles. The fourth-order valence-corrected chi connectivity index (χ4v) is 3.27. The van der Waals surface area contributed by atoms with Crippen LogP contribution >= 0.6 is 11.6 Å².